The van der Waals surface area contributed by atoms with Gasteiger partial charge in [-0.25, -0.2) is 0 Å². The van der Waals surface area contributed by atoms with Crippen molar-refractivity contribution in [2.45, 2.75) is 0 Å². The molecule has 9 aromatic heterocycles. The number of hydrogen-bond acceptors (Lipinski definition) is 3. The molecular weight excluding hydrogens is 1570 g/mol. The van der Waals surface area contributed by atoms with Gasteiger partial charge in [-0.15, -0.1) is 0 Å². The third-order valence-electron chi connectivity index (χ3n) is 26.7. The molecule has 0 aliphatic heterocycles. The Bertz CT molecular complexity index is 9070. The van der Waals surface area contributed by atoms with E-state index in [-0.39, 0.29) is 0 Å². The molecule has 29 rings (SSSR count). The summed E-state index contributed by atoms with van der Waals surface area (Å²) in [7, 11) is 0. The van der Waals surface area contributed by atoms with Gasteiger partial charge in [0.25, 0.3) is 0 Å². The molecule has 0 saturated heterocycles. The Hall–Kier alpha value is -17.4. The van der Waals surface area contributed by atoms with Crippen LogP contribution in [0.4, 0.5) is 0 Å². The average Bonchev–Trinajstić information content (AvgIpc) is 1.55. The summed E-state index contributed by atoms with van der Waals surface area (Å²) in [4.78, 5) is 0. The van der Waals surface area contributed by atoms with E-state index in [9.17, 15) is 0 Å². The molecule has 9 nitrogen and oxygen atoms in total. The lowest BCUT2D eigenvalue weighted by molar-refractivity contribution is 0.668. The molecule has 0 aliphatic carbocycles. The predicted octanol–water partition coefficient (Wildman–Crippen LogP) is 32.7. The zero-order valence-corrected chi connectivity index (χ0v) is 69.6. The van der Waals surface area contributed by atoms with Gasteiger partial charge in [0.05, 0.1) is 66.2 Å². The second-order valence-electron chi connectivity index (χ2n) is 33.8. The summed E-state index contributed by atoms with van der Waals surface area (Å²) in [5, 5.41) is 21.8. The largest absolute Gasteiger partial charge is 0.456 e. The van der Waals surface area contributed by atoms with Crippen LogP contribution in [0.15, 0.2) is 462 Å². The fourth-order valence-electron chi connectivity index (χ4n) is 21.0. The van der Waals surface area contributed by atoms with Crippen LogP contribution < -0.4 is 0 Å². The molecule has 0 spiro atoms. The van der Waals surface area contributed by atoms with Gasteiger partial charge in [0.1, 0.15) is 33.5 Å². The Balaban J connectivity index is 0.000000100. The number of para-hydroxylation sites is 11. The van der Waals surface area contributed by atoms with Crippen molar-refractivity contribution in [3.05, 3.63) is 449 Å². The van der Waals surface area contributed by atoms with E-state index in [1.165, 1.54) is 142 Å². The number of rotatable bonds is 8. The van der Waals surface area contributed by atoms with Crippen molar-refractivity contribution < 1.29 is 13.3 Å². The summed E-state index contributed by atoms with van der Waals surface area (Å²) in [6, 6.07) is 161. The van der Waals surface area contributed by atoms with Crippen LogP contribution in [0.25, 0.3) is 253 Å². The monoisotopic (exact) mass is 1650 g/mol. The second-order valence-corrected chi connectivity index (χ2v) is 33.8. The van der Waals surface area contributed by atoms with Gasteiger partial charge in [-0.2, -0.15) is 0 Å². The molecule has 0 amide bonds. The molecule has 9 heterocycles. The molecule has 129 heavy (non-hydrogen) atoms. The third-order valence-corrected chi connectivity index (χ3v) is 26.7. The van der Waals surface area contributed by atoms with Gasteiger partial charge in [-0.05, 0) is 222 Å². The maximum atomic E-state index is 6.34. The van der Waals surface area contributed by atoms with E-state index in [2.05, 4.69) is 470 Å². The lowest BCUT2D eigenvalue weighted by Crippen LogP contribution is -1.96. The van der Waals surface area contributed by atoms with Gasteiger partial charge < -0.3 is 40.7 Å². The minimum Gasteiger partial charge on any atom is -0.456 e. The summed E-state index contributed by atoms with van der Waals surface area (Å²) < 4.78 is 33.2. The molecule has 0 bridgehead atoms. The fourth-order valence-corrected chi connectivity index (χ4v) is 21.0. The number of aromatic nitrogens is 6. The van der Waals surface area contributed by atoms with E-state index >= 15 is 0 Å². The summed E-state index contributed by atoms with van der Waals surface area (Å²) in [5.41, 5.74) is 31.4. The summed E-state index contributed by atoms with van der Waals surface area (Å²) in [6.45, 7) is 0. The average molecular weight is 1650 g/mol. The van der Waals surface area contributed by atoms with E-state index < -0.39 is 0 Å². The Labute approximate surface area is 737 Å². The Kier molecular flexibility index (Phi) is 16.0. The van der Waals surface area contributed by atoms with E-state index in [1.807, 2.05) is 6.07 Å². The Morgan fingerprint density at radius 2 is 0.287 bits per heavy atom. The predicted molar refractivity (Wildman–Crippen MR) is 538 cm³/mol. The maximum absolute atomic E-state index is 6.34. The van der Waals surface area contributed by atoms with Gasteiger partial charge >= 0.3 is 0 Å². The molecule has 0 saturated carbocycles. The van der Waals surface area contributed by atoms with Crippen LogP contribution in [0.5, 0.6) is 0 Å². The van der Waals surface area contributed by atoms with Crippen LogP contribution in [0.1, 0.15) is 0 Å². The maximum Gasteiger partial charge on any atom is 0.135 e. The molecule has 20 aromatic carbocycles. The summed E-state index contributed by atoms with van der Waals surface area (Å²) in [6.07, 6.45) is 0. The fraction of sp³-hybridized carbons (Fsp3) is 0. The number of furan rings is 3. The number of benzene rings is 20. The normalized spacial score (nSPS) is 12.0. The molecule has 0 radical (unpaired) electrons. The highest BCUT2D eigenvalue weighted by Gasteiger charge is 2.24. The van der Waals surface area contributed by atoms with E-state index in [4.69, 9.17) is 13.3 Å². The Morgan fingerprint density at radius 1 is 0.109 bits per heavy atom. The van der Waals surface area contributed by atoms with E-state index in [1.54, 1.807) is 0 Å². The third kappa shape index (κ3) is 11.2. The van der Waals surface area contributed by atoms with Crippen LogP contribution in [0.2, 0.25) is 0 Å². The molecular formula is C120H74N6O3. The molecule has 29 aromatic rings. The van der Waals surface area contributed by atoms with Crippen LogP contribution in [-0.4, -0.2) is 27.4 Å². The first kappa shape index (κ1) is 72.1. The minimum absolute atomic E-state index is 0.885. The summed E-state index contributed by atoms with van der Waals surface area (Å²) >= 11 is 0. The van der Waals surface area contributed by atoms with Crippen molar-refractivity contribution in [3.63, 3.8) is 0 Å². The standard InChI is InChI=1S/C42H27N3.C42H25NO2.C36H22N2O/c1-2-12-28(13-3-1)43-41-24-22-29(44-37-18-8-4-14-31(37)32-15-5-9-19-38(32)44)26-35(41)36-27-30(23-25-42(36)43)45-39-20-10-6-16-33(39)34-17-7-11-21-40(34)45;1-2-8-26(9-3-1)27-14-18-39-33(22-27)34-23-28(15-19-40(34)44-39)29-16-20-41-35(24-29)36-25-30(17-21-42(36)45-41)43-37-12-6-4-10-31(37)32-11-5-7-13-38(32)43;1-5-13-31-25(9-1)26-10-2-6-14-32(26)37(31)23-17-19-35-29(21-23)30-22-24(18-20-36(30)39-35)38-33-15-7-3-11-27(33)28-12-4-8-16-34(28)38/h1-27H;1-25H;1-22H. The van der Waals surface area contributed by atoms with Crippen molar-refractivity contribution >= 4 is 197 Å². The van der Waals surface area contributed by atoms with Crippen LogP contribution >= 0.6 is 0 Å². The SMILES string of the molecule is c1ccc(-c2ccc3oc4ccc(-c5ccc6oc7ccc(-n8c9ccccc9c9ccccc98)cc7c6c5)cc4c3c2)cc1.c1ccc(-n2c3ccc(-n4c5ccccc5c5ccccc54)cc3c3cc(-n4c5ccccc5c5ccccc54)ccc32)cc1.c1ccc2c(c1)c1ccccc1n2-c1ccc2oc3ccc(-n4c5ccccc5c5ccccc54)cc3c2c1. The summed E-state index contributed by atoms with van der Waals surface area (Å²) in [5.74, 6) is 0. The first-order valence-corrected chi connectivity index (χ1v) is 44.0. The zero-order valence-electron chi connectivity index (χ0n) is 69.6. The zero-order chi connectivity index (χ0) is 84.5. The topological polar surface area (TPSA) is 69.0 Å². The highest BCUT2D eigenvalue weighted by molar-refractivity contribution is 6.18. The van der Waals surface area contributed by atoms with Gasteiger partial charge in [0, 0.05) is 131 Å². The van der Waals surface area contributed by atoms with Crippen LogP contribution in [-0.2, 0) is 0 Å². The number of nitrogens with zero attached hydrogens (tertiary/aromatic N) is 6. The lowest BCUT2D eigenvalue weighted by Gasteiger charge is -2.10. The van der Waals surface area contributed by atoms with E-state index in [0.717, 1.165) is 111 Å². The van der Waals surface area contributed by atoms with Gasteiger partial charge in [0.2, 0.25) is 0 Å². The van der Waals surface area contributed by atoms with Crippen molar-refractivity contribution in [3.8, 4) is 56.4 Å². The Morgan fingerprint density at radius 3 is 0.543 bits per heavy atom. The molecule has 0 unspecified atom stereocenters. The van der Waals surface area contributed by atoms with Crippen molar-refractivity contribution in [2.75, 3.05) is 0 Å². The highest BCUT2D eigenvalue weighted by Crippen LogP contribution is 2.46. The van der Waals surface area contributed by atoms with Gasteiger partial charge in [0.15, 0.2) is 0 Å². The number of hydrogen-bond donors (Lipinski definition) is 0. The first-order valence-electron chi connectivity index (χ1n) is 44.0. The molecule has 0 atom stereocenters. The van der Waals surface area contributed by atoms with E-state index in [0.29, 0.717) is 0 Å². The molecule has 0 N–H and O–H groups in total. The smallest absolute Gasteiger partial charge is 0.135 e. The second kappa shape index (κ2) is 28.6. The quantitative estimate of drug-likeness (QED) is 0.152. The first-order chi connectivity index (χ1) is 64.0. The van der Waals surface area contributed by atoms with Crippen molar-refractivity contribution in [1.29, 1.82) is 0 Å². The molecule has 9 heteroatoms. The molecule has 0 fully saturated rings. The number of fused-ring (bicyclic) bond motifs is 27. The van der Waals surface area contributed by atoms with Gasteiger partial charge in [-0.1, -0.05) is 249 Å². The van der Waals surface area contributed by atoms with Crippen molar-refractivity contribution in [2.24, 2.45) is 0 Å². The van der Waals surface area contributed by atoms with Crippen LogP contribution in [0.3, 0.4) is 0 Å². The lowest BCUT2D eigenvalue weighted by atomic mass is 9.99. The van der Waals surface area contributed by atoms with Gasteiger partial charge in [-0.3, -0.25) is 0 Å². The molecule has 0 aliphatic rings. The van der Waals surface area contributed by atoms with Crippen LogP contribution in [0, 0.1) is 0 Å². The molecule has 602 valence electrons. The van der Waals surface area contributed by atoms with Crippen molar-refractivity contribution in [1.82, 2.24) is 27.4 Å². The minimum atomic E-state index is 0.885. The highest BCUT2D eigenvalue weighted by atomic mass is 16.3.